The molecule has 1 saturated heterocycles. The number of nitrogens with zero attached hydrogens (tertiary/aromatic N) is 1. The standard InChI is InChI=1S/C24H24N2O4/c1-29-13-14-30-20-11-9-19(10-12-20)25-24(28)18-15-23(27)26(16-18)22-8-4-6-17-5-2-3-7-21(17)22/h2-12,18H,13-16H2,1H3,(H,25,28). The maximum absolute atomic E-state index is 12.8. The van der Waals surface area contributed by atoms with Gasteiger partial charge in [-0.2, -0.15) is 0 Å². The zero-order valence-corrected chi connectivity index (χ0v) is 16.8. The van der Waals surface area contributed by atoms with Gasteiger partial charge < -0.3 is 19.7 Å². The quantitative estimate of drug-likeness (QED) is 0.608. The molecule has 0 radical (unpaired) electrons. The van der Waals surface area contributed by atoms with Gasteiger partial charge in [0.25, 0.3) is 0 Å². The number of hydrogen-bond acceptors (Lipinski definition) is 4. The van der Waals surface area contributed by atoms with Crippen molar-refractivity contribution in [2.24, 2.45) is 5.92 Å². The molecule has 4 rings (SSSR count). The molecule has 3 aromatic rings. The number of amides is 2. The van der Waals surface area contributed by atoms with Gasteiger partial charge in [-0.1, -0.05) is 36.4 Å². The molecule has 1 aliphatic heterocycles. The molecule has 1 N–H and O–H groups in total. The first-order chi connectivity index (χ1) is 14.7. The molecule has 0 saturated carbocycles. The molecule has 1 heterocycles. The highest BCUT2D eigenvalue weighted by atomic mass is 16.5. The summed E-state index contributed by atoms with van der Waals surface area (Å²) in [6.45, 7) is 1.36. The third kappa shape index (κ3) is 4.28. The Balaban J connectivity index is 1.42. The molecule has 1 unspecified atom stereocenters. The van der Waals surface area contributed by atoms with Crippen LogP contribution in [-0.2, 0) is 14.3 Å². The van der Waals surface area contributed by atoms with Crippen LogP contribution in [0.3, 0.4) is 0 Å². The number of rotatable bonds is 7. The van der Waals surface area contributed by atoms with Crippen molar-refractivity contribution in [2.45, 2.75) is 6.42 Å². The number of nitrogens with one attached hydrogen (secondary N) is 1. The summed E-state index contributed by atoms with van der Waals surface area (Å²) in [5.41, 5.74) is 1.53. The van der Waals surface area contributed by atoms with Crippen LogP contribution in [0.5, 0.6) is 5.75 Å². The van der Waals surface area contributed by atoms with Crippen LogP contribution < -0.4 is 15.0 Å². The van der Waals surface area contributed by atoms with Crippen molar-refractivity contribution in [2.75, 3.05) is 37.1 Å². The summed E-state index contributed by atoms with van der Waals surface area (Å²) in [6, 6.07) is 21.0. The Morgan fingerprint density at radius 3 is 2.60 bits per heavy atom. The number of ether oxygens (including phenoxy) is 2. The van der Waals surface area contributed by atoms with Crippen molar-refractivity contribution in [1.29, 1.82) is 0 Å². The molecular formula is C24H24N2O4. The lowest BCUT2D eigenvalue weighted by Crippen LogP contribution is -2.28. The van der Waals surface area contributed by atoms with Crippen LogP contribution in [0, 0.1) is 5.92 Å². The van der Waals surface area contributed by atoms with Crippen LogP contribution >= 0.6 is 0 Å². The van der Waals surface area contributed by atoms with Gasteiger partial charge in [0.05, 0.1) is 18.2 Å². The van der Waals surface area contributed by atoms with Gasteiger partial charge in [-0.15, -0.1) is 0 Å². The molecule has 0 aliphatic carbocycles. The van der Waals surface area contributed by atoms with E-state index in [-0.39, 0.29) is 18.2 Å². The summed E-state index contributed by atoms with van der Waals surface area (Å²) in [5.74, 6) is 0.129. The summed E-state index contributed by atoms with van der Waals surface area (Å²) in [5, 5.41) is 5.00. The molecule has 1 atom stereocenters. The van der Waals surface area contributed by atoms with Gasteiger partial charge in [-0.25, -0.2) is 0 Å². The molecule has 2 amide bonds. The highest BCUT2D eigenvalue weighted by Crippen LogP contribution is 2.32. The summed E-state index contributed by atoms with van der Waals surface area (Å²) < 4.78 is 10.5. The molecule has 6 heteroatoms. The van der Waals surface area contributed by atoms with Gasteiger partial charge in [0.2, 0.25) is 11.8 Å². The van der Waals surface area contributed by atoms with Crippen LogP contribution in [0.4, 0.5) is 11.4 Å². The Morgan fingerprint density at radius 1 is 1.03 bits per heavy atom. The van der Waals surface area contributed by atoms with Crippen LogP contribution in [0.2, 0.25) is 0 Å². The Bertz CT molecular complexity index is 1040. The van der Waals surface area contributed by atoms with Gasteiger partial charge in [0, 0.05) is 31.1 Å². The Kier molecular flexibility index (Phi) is 5.95. The van der Waals surface area contributed by atoms with E-state index in [0.29, 0.717) is 31.2 Å². The first-order valence-corrected chi connectivity index (χ1v) is 9.96. The first-order valence-electron chi connectivity index (χ1n) is 9.96. The van der Waals surface area contributed by atoms with Crippen molar-refractivity contribution >= 4 is 34.0 Å². The van der Waals surface area contributed by atoms with Gasteiger partial charge in [0.15, 0.2) is 0 Å². The second-order valence-corrected chi connectivity index (χ2v) is 7.26. The van der Waals surface area contributed by atoms with E-state index in [1.807, 2.05) is 42.5 Å². The highest BCUT2D eigenvalue weighted by molar-refractivity contribution is 6.08. The van der Waals surface area contributed by atoms with Crippen molar-refractivity contribution in [3.8, 4) is 5.75 Å². The van der Waals surface area contributed by atoms with E-state index in [1.165, 1.54) is 0 Å². The Morgan fingerprint density at radius 2 is 1.80 bits per heavy atom. The number of benzene rings is 3. The maximum atomic E-state index is 12.8. The van der Waals surface area contributed by atoms with Gasteiger partial charge in [-0.3, -0.25) is 9.59 Å². The molecule has 0 aromatic heterocycles. The fourth-order valence-corrected chi connectivity index (χ4v) is 3.68. The fourth-order valence-electron chi connectivity index (χ4n) is 3.68. The fraction of sp³-hybridized carbons (Fsp3) is 0.250. The van der Waals surface area contributed by atoms with E-state index in [1.54, 1.807) is 36.3 Å². The van der Waals surface area contributed by atoms with Crippen molar-refractivity contribution in [1.82, 2.24) is 0 Å². The number of carbonyl (C=O) groups excluding carboxylic acids is 2. The molecule has 0 spiro atoms. The molecule has 1 fully saturated rings. The molecule has 6 nitrogen and oxygen atoms in total. The third-order valence-electron chi connectivity index (χ3n) is 5.23. The van der Waals surface area contributed by atoms with E-state index >= 15 is 0 Å². The van der Waals surface area contributed by atoms with E-state index in [4.69, 9.17) is 9.47 Å². The minimum absolute atomic E-state index is 0.0339. The number of anilines is 2. The van der Waals surface area contributed by atoms with Crippen LogP contribution in [-0.4, -0.2) is 38.7 Å². The Labute approximate surface area is 175 Å². The van der Waals surface area contributed by atoms with Crippen LogP contribution in [0.1, 0.15) is 6.42 Å². The number of fused-ring (bicyclic) bond motifs is 1. The van der Waals surface area contributed by atoms with Crippen LogP contribution in [0.25, 0.3) is 10.8 Å². The predicted molar refractivity (Wildman–Crippen MR) is 117 cm³/mol. The maximum Gasteiger partial charge on any atom is 0.229 e. The van der Waals surface area contributed by atoms with Gasteiger partial charge >= 0.3 is 0 Å². The highest BCUT2D eigenvalue weighted by Gasteiger charge is 2.35. The number of carbonyl (C=O) groups is 2. The molecule has 0 bridgehead atoms. The van der Waals surface area contributed by atoms with Gasteiger partial charge in [0.1, 0.15) is 12.4 Å². The summed E-state index contributed by atoms with van der Waals surface area (Å²) in [6.07, 6.45) is 0.202. The topological polar surface area (TPSA) is 67.9 Å². The summed E-state index contributed by atoms with van der Waals surface area (Å²) in [7, 11) is 1.62. The van der Waals surface area contributed by atoms with Crippen molar-refractivity contribution in [3.63, 3.8) is 0 Å². The predicted octanol–water partition coefficient (Wildman–Crippen LogP) is 3.86. The second-order valence-electron chi connectivity index (χ2n) is 7.26. The van der Waals surface area contributed by atoms with Gasteiger partial charge in [-0.05, 0) is 35.7 Å². The Hall–Kier alpha value is -3.38. The van der Waals surface area contributed by atoms with Crippen molar-refractivity contribution < 1.29 is 19.1 Å². The first kappa shape index (κ1) is 19.9. The molecule has 1 aliphatic rings. The number of hydrogen-bond donors (Lipinski definition) is 1. The van der Waals surface area contributed by atoms with Crippen LogP contribution in [0.15, 0.2) is 66.7 Å². The minimum atomic E-state index is -0.394. The average molecular weight is 404 g/mol. The second kappa shape index (κ2) is 8.97. The largest absolute Gasteiger partial charge is 0.491 e. The zero-order valence-electron chi connectivity index (χ0n) is 16.8. The molecule has 154 valence electrons. The number of methoxy groups -OCH3 is 1. The monoisotopic (exact) mass is 404 g/mol. The normalized spacial score (nSPS) is 16.1. The van der Waals surface area contributed by atoms with E-state index in [9.17, 15) is 9.59 Å². The molecule has 3 aromatic carbocycles. The van der Waals surface area contributed by atoms with Crippen molar-refractivity contribution in [3.05, 3.63) is 66.7 Å². The summed E-state index contributed by atoms with van der Waals surface area (Å²) in [4.78, 5) is 27.2. The molecule has 30 heavy (non-hydrogen) atoms. The smallest absolute Gasteiger partial charge is 0.229 e. The molecular weight excluding hydrogens is 380 g/mol. The lowest BCUT2D eigenvalue weighted by molar-refractivity contribution is -0.122. The lowest BCUT2D eigenvalue weighted by Gasteiger charge is -2.19. The average Bonchev–Trinajstić information content (AvgIpc) is 3.16. The minimum Gasteiger partial charge on any atom is -0.491 e. The summed E-state index contributed by atoms with van der Waals surface area (Å²) >= 11 is 0. The van der Waals surface area contributed by atoms with E-state index < -0.39 is 5.92 Å². The van der Waals surface area contributed by atoms with E-state index in [0.717, 1.165) is 16.5 Å². The third-order valence-corrected chi connectivity index (χ3v) is 5.23. The lowest BCUT2D eigenvalue weighted by atomic mass is 10.1. The SMILES string of the molecule is COCCOc1ccc(NC(=O)C2CC(=O)N(c3cccc4ccccc34)C2)cc1. The van der Waals surface area contributed by atoms with E-state index in [2.05, 4.69) is 5.32 Å². The zero-order chi connectivity index (χ0) is 20.9.